The molecule has 4 aromatic rings. The summed E-state index contributed by atoms with van der Waals surface area (Å²) in [5.41, 5.74) is 4.99. The summed E-state index contributed by atoms with van der Waals surface area (Å²) in [6.07, 6.45) is 4.22. The van der Waals surface area contributed by atoms with Crippen LogP contribution in [0.3, 0.4) is 0 Å². The Labute approximate surface area is 213 Å². The molecule has 0 unspecified atom stereocenters. The van der Waals surface area contributed by atoms with Gasteiger partial charge in [0.15, 0.2) is 0 Å². The topological polar surface area (TPSA) is 111 Å². The zero-order valence-corrected chi connectivity index (χ0v) is 20.9. The number of fused-ring (bicyclic) bond motifs is 1. The minimum absolute atomic E-state index is 0.0527. The Kier molecular flexibility index (Phi) is 6.25. The first-order valence-corrected chi connectivity index (χ1v) is 12.1. The minimum Gasteiger partial charge on any atom is -0.477 e. The van der Waals surface area contributed by atoms with E-state index < -0.39 is 17.5 Å². The van der Waals surface area contributed by atoms with Gasteiger partial charge in [0.05, 0.1) is 16.6 Å². The Morgan fingerprint density at radius 3 is 2.51 bits per heavy atom. The van der Waals surface area contributed by atoms with E-state index >= 15 is 0 Å². The maximum absolute atomic E-state index is 13.4. The van der Waals surface area contributed by atoms with Gasteiger partial charge in [-0.05, 0) is 68.0 Å². The molecule has 0 bridgehead atoms. The van der Waals surface area contributed by atoms with Gasteiger partial charge in [-0.1, -0.05) is 30.3 Å². The molecule has 0 spiro atoms. The minimum atomic E-state index is -1.31. The van der Waals surface area contributed by atoms with Crippen LogP contribution in [0, 0.1) is 20.8 Å². The number of carboxylic acids is 1. The third-order valence-electron chi connectivity index (χ3n) is 6.82. The number of hydrogen-bond donors (Lipinski definition) is 2. The molecule has 1 amide bonds. The lowest BCUT2D eigenvalue weighted by Gasteiger charge is -2.20. The second kappa shape index (κ2) is 9.54. The Balaban J connectivity index is 1.69. The molecule has 1 aliphatic rings. The third kappa shape index (κ3) is 4.70. The number of aryl methyl sites for hydroxylation is 3. The van der Waals surface area contributed by atoms with Gasteiger partial charge in [-0.3, -0.25) is 15.1 Å². The van der Waals surface area contributed by atoms with Crippen molar-refractivity contribution in [2.24, 2.45) is 0 Å². The number of rotatable bonds is 6. The molecule has 2 aromatic carbocycles. The number of pyridine rings is 2. The largest absolute Gasteiger partial charge is 0.477 e. The van der Waals surface area contributed by atoms with Crippen molar-refractivity contribution >= 4 is 28.7 Å². The highest BCUT2D eigenvalue weighted by atomic mass is 16.5. The van der Waals surface area contributed by atoms with Gasteiger partial charge in [-0.25, -0.2) is 9.59 Å². The number of carbonyl (C=O) groups is 2. The molecule has 0 atom stereocenters. The predicted molar refractivity (Wildman–Crippen MR) is 141 cm³/mol. The normalized spacial score (nSPS) is 12.9. The van der Waals surface area contributed by atoms with Crippen molar-refractivity contribution in [1.82, 2.24) is 9.55 Å². The fraction of sp³-hybridized carbons (Fsp3) is 0.241. The molecule has 1 saturated carbocycles. The van der Waals surface area contributed by atoms with Crippen LogP contribution < -0.4 is 10.7 Å². The fourth-order valence-corrected chi connectivity index (χ4v) is 4.57. The lowest BCUT2D eigenvalue weighted by atomic mass is 9.95. The van der Waals surface area contributed by atoms with E-state index in [-0.39, 0.29) is 29.3 Å². The highest BCUT2D eigenvalue weighted by Crippen LogP contribution is 2.41. The number of amides is 1. The molecule has 8 heteroatoms. The van der Waals surface area contributed by atoms with Gasteiger partial charge < -0.3 is 14.4 Å². The molecule has 2 aromatic heterocycles. The lowest BCUT2D eigenvalue weighted by molar-refractivity contribution is 0.0694. The maximum Gasteiger partial charge on any atom is 0.411 e. The van der Waals surface area contributed by atoms with E-state index in [1.54, 1.807) is 12.3 Å². The van der Waals surface area contributed by atoms with Gasteiger partial charge in [0.25, 0.3) is 0 Å². The van der Waals surface area contributed by atoms with E-state index in [1.165, 1.54) is 6.20 Å². The first-order chi connectivity index (χ1) is 17.7. The van der Waals surface area contributed by atoms with Crippen LogP contribution in [0.1, 0.15) is 51.6 Å². The summed E-state index contributed by atoms with van der Waals surface area (Å²) in [5, 5.41) is 12.6. The number of aromatic nitrogens is 2. The maximum atomic E-state index is 13.4. The van der Waals surface area contributed by atoms with Crippen LogP contribution in [0.25, 0.3) is 22.0 Å². The summed E-state index contributed by atoms with van der Waals surface area (Å²) in [6, 6.07) is 13.1. The predicted octanol–water partition coefficient (Wildman–Crippen LogP) is 5.77. The standard InChI is InChI=1S/C29H27N3O5/c1-16-11-20(13-30-18(16)3)22-12-24(31-29(36)37-15-19-7-5-4-6-8-19)25-26(17(22)2)32(21-9-10-21)14-23(27(25)33)28(34)35/h4-8,11-14,21H,9-10,15H2,1-3H3,(H,31,36)(H,34,35). The quantitative estimate of drug-likeness (QED) is 0.350. The lowest BCUT2D eigenvalue weighted by Crippen LogP contribution is -2.22. The van der Waals surface area contributed by atoms with Crippen molar-refractivity contribution in [2.45, 2.75) is 46.3 Å². The van der Waals surface area contributed by atoms with Crippen molar-refractivity contribution in [2.75, 3.05) is 5.32 Å². The van der Waals surface area contributed by atoms with Gasteiger partial charge in [0, 0.05) is 29.7 Å². The number of nitrogens with zero attached hydrogens (tertiary/aromatic N) is 2. The highest BCUT2D eigenvalue weighted by molar-refractivity contribution is 6.05. The molecular weight excluding hydrogens is 470 g/mol. The van der Waals surface area contributed by atoms with Crippen LogP contribution >= 0.6 is 0 Å². The molecule has 0 radical (unpaired) electrons. The number of nitrogens with one attached hydrogen (secondary N) is 1. The van der Waals surface area contributed by atoms with Gasteiger partial charge in [0.1, 0.15) is 12.2 Å². The number of aromatic carboxylic acids is 1. The molecule has 0 saturated heterocycles. The van der Waals surface area contributed by atoms with Crippen LogP contribution in [-0.2, 0) is 11.3 Å². The first-order valence-electron chi connectivity index (χ1n) is 12.1. The average Bonchev–Trinajstić information content (AvgIpc) is 3.72. The summed E-state index contributed by atoms with van der Waals surface area (Å²) < 4.78 is 7.28. The van der Waals surface area contributed by atoms with Gasteiger partial charge >= 0.3 is 12.1 Å². The van der Waals surface area contributed by atoms with Crippen LogP contribution in [0.4, 0.5) is 10.5 Å². The monoisotopic (exact) mass is 497 g/mol. The fourth-order valence-electron chi connectivity index (χ4n) is 4.57. The first kappa shape index (κ1) is 24.2. The van der Waals surface area contributed by atoms with Crippen LogP contribution in [0.2, 0.25) is 0 Å². The van der Waals surface area contributed by atoms with E-state index in [2.05, 4.69) is 10.3 Å². The van der Waals surface area contributed by atoms with E-state index in [0.29, 0.717) is 5.52 Å². The Bertz CT molecular complexity index is 1600. The zero-order valence-electron chi connectivity index (χ0n) is 20.9. The van der Waals surface area contributed by atoms with Crippen molar-refractivity contribution in [3.8, 4) is 11.1 Å². The Morgan fingerprint density at radius 1 is 1.14 bits per heavy atom. The number of benzene rings is 2. The van der Waals surface area contributed by atoms with Crippen LogP contribution in [-0.4, -0.2) is 26.7 Å². The number of ether oxygens (including phenoxy) is 1. The van der Waals surface area contributed by atoms with Crippen molar-refractivity contribution in [3.05, 3.63) is 93.0 Å². The summed E-state index contributed by atoms with van der Waals surface area (Å²) in [7, 11) is 0. The Morgan fingerprint density at radius 2 is 1.86 bits per heavy atom. The second-order valence-electron chi connectivity index (χ2n) is 9.45. The molecule has 8 nitrogen and oxygen atoms in total. The van der Waals surface area contributed by atoms with Gasteiger partial charge in [0.2, 0.25) is 5.43 Å². The molecule has 188 valence electrons. The molecule has 5 rings (SSSR count). The molecule has 1 aliphatic carbocycles. The van der Waals surface area contributed by atoms with Crippen LogP contribution in [0.5, 0.6) is 0 Å². The summed E-state index contributed by atoms with van der Waals surface area (Å²) in [5.74, 6) is -1.31. The molecular formula is C29H27N3O5. The van der Waals surface area contributed by atoms with Gasteiger partial charge in [-0.2, -0.15) is 0 Å². The van der Waals surface area contributed by atoms with Gasteiger partial charge in [-0.15, -0.1) is 0 Å². The molecule has 2 heterocycles. The second-order valence-corrected chi connectivity index (χ2v) is 9.45. The Hall–Kier alpha value is -4.46. The molecule has 37 heavy (non-hydrogen) atoms. The summed E-state index contributed by atoms with van der Waals surface area (Å²) in [4.78, 5) is 42.8. The number of carboxylic acid groups (broad SMARTS) is 1. The number of anilines is 1. The van der Waals surface area contributed by atoms with Crippen molar-refractivity contribution in [3.63, 3.8) is 0 Å². The smallest absolute Gasteiger partial charge is 0.411 e. The molecule has 1 fully saturated rings. The highest BCUT2D eigenvalue weighted by Gasteiger charge is 2.29. The van der Waals surface area contributed by atoms with E-state index in [9.17, 15) is 19.5 Å². The van der Waals surface area contributed by atoms with E-state index in [1.807, 2.05) is 61.7 Å². The van der Waals surface area contributed by atoms with E-state index in [4.69, 9.17) is 4.74 Å². The number of hydrogen-bond acceptors (Lipinski definition) is 5. The molecule has 2 N–H and O–H groups in total. The third-order valence-corrected chi connectivity index (χ3v) is 6.82. The summed E-state index contributed by atoms with van der Waals surface area (Å²) in [6.45, 7) is 5.86. The number of carbonyl (C=O) groups excluding carboxylic acids is 1. The van der Waals surface area contributed by atoms with Crippen molar-refractivity contribution in [1.29, 1.82) is 0 Å². The average molecular weight is 498 g/mol. The van der Waals surface area contributed by atoms with Crippen LogP contribution in [0.15, 0.2) is 59.7 Å². The van der Waals surface area contributed by atoms with Crippen molar-refractivity contribution < 1.29 is 19.4 Å². The van der Waals surface area contributed by atoms with E-state index in [0.717, 1.165) is 46.4 Å². The summed E-state index contributed by atoms with van der Waals surface area (Å²) >= 11 is 0. The molecule has 0 aliphatic heterocycles. The zero-order chi connectivity index (χ0) is 26.3. The SMILES string of the molecule is Cc1cc(-c2cc(NC(=O)OCc3ccccc3)c3c(=O)c(C(=O)O)cn(C4CC4)c3c2C)cnc1C.